The molecular weight excluding hydrogens is 216 g/mol. The lowest BCUT2D eigenvalue weighted by Crippen LogP contribution is -2.53. The standard InChI is InChI=1S/C13H18N2O2/c1-2-6-17-11-7-10(8-15-9-11)12(16)13(14)4-3-5-13/h7-9H,2-6,14H2,1H3. The number of nitrogens with two attached hydrogens (primary N) is 1. The minimum absolute atomic E-state index is 0.0156. The molecule has 0 unspecified atom stereocenters. The molecule has 0 aromatic carbocycles. The molecule has 1 aromatic rings. The fourth-order valence-corrected chi connectivity index (χ4v) is 1.91. The average molecular weight is 234 g/mol. The summed E-state index contributed by atoms with van der Waals surface area (Å²) >= 11 is 0. The number of hydrogen-bond acceptors (Lipinski definition) is 4. The highest BCUT2D eigenvalue weighted by atomic mass is 16.5. The molecule has 17 heavy (non-hydrogen) atoms. The molecule has 0 radical (unpaired) electrons. The Morgan fingerprint density at radius 3 is 2.88 bits per heavy atom. The van der Waals surface area contributed by atoms with Crippen LogP contribution in [0.2, 0.25) is 0 Å². The van der Waals surface area contributed by atoms with Gasteiger partial charge >= 0.3 is 0 Å². The van der Waals surface area contributed by atoms with E-state index in [1.165, 1.54) is 0 Å². The average Bonchev–Trinajstić information content (AvgIpc) is 2.33. The Kier molecular flexibility index (Phi) is 3.43. The van der Waals surface area contributed by atoms with Crippen LogP contribution in [-0.4, -0.2) is 22.9 Å². The molecule has 2 N–H and O–H groups in total. The number of carbonyl (C=O) groups is 1. The van der Waals surface area contributed by atoms with Gasteiger partial charge in [-0.1, -0.05) is 6.92 Å². The minimum Gasteiger partial charge on any atom is -0.492 e. The minimum atomic E-state index is -0.662. The number of aromatic nitrogens is 1. The van der Waals surface area contributed by atoms with Crippen molar-refractivity contribution in [1.82, 2.24) is 4.98 Å². The first-order chi connectivity index (χ1) is 8.15. The molecule has 1 aliphatic rings. The highest BCUT2D eigenvalue weighted by molar-refractivity contribution is 6.03. The summed E-state index contributed by atoms with van der Waals surface area (Å²) in [4.78, 5) is 16.2. The molecule has 4 heteroatoms. The molecule has 0 atom stereocenters. The van der Waals surface area contributed by atoms with Crippen LogP contribution in [0.1, 0.15) is 43.0 Å². The van der Waals surface area contributed by atoms with Crippen molar-refractivity contribution in [2.75, 3.05) is 6.61 Å². The first kappa shape index (κ1) is 12.0. The van der Waals surface area contributed by atoms with Gasteiger partial charge in [0.2, 0.25) is 0 Å². The number of nitrogens with zero attached hydrogens (tertiary/aromatic N) is 1. The van der Waals surface area contributed by atoms with E-state index in [1.54, 1.807) is 18.5 Å². The largest absolute Gasteiger partial charge is 0.492 e. The number of pyridine rings is 1. The summed E-state index contributed by atoms with van der Waals surface area (Å²) in [5.74, 6) is 0.624. The number of rotatable bonds is 5. The van der Waals surface area contributed by atoms with Gasteiger partial charge in [0.05, 0.1) is 18.3 Å². The predicted molar refractivity (Wildman–Crippen MR) is 65.1 cm³/mol. The molecule has 2 rings (SSSR count). The number of ether oxygens (including phenoxy) is 1. The Morgan fingerprint density at radius 1 is 1.53 bits per heavy atom. The fourth-order valence-electron chi connectivity index (χ4n) is 1.91. The van der Waals surface area contributed by atoms with Crippen molar-refractivity contribution in [2.45, 2.75) is 38.1 Å². The Balaban J connectivity index is 2.12. The zero-order valence-corrected chi connectivity index (χ0v) is 10.1. The lowest BCUT2D eigenvalue weighted by molar-refractivity contribution is 0.0800. The van der Waals surface area contributed by atoms with E-state index in [0.29, 0.717) is 17.9 Å². The van der Waals surface area contributed by atoms with Crippen LogP contribution in [0.25, 0.3) is 0 Å². The van der Waals surface area contributed by atoms with Gasteiger partial charge in [0.25, 0.3) is 0 Å². The molecule has 1 aliphatic carbocycles. The lowest BCUT2D eigenvalue weighted by atomic mass is 9.73. The summed E-state index contributed by atoms with van der Waals surface area (Å²) in [5, 5.41) is 0. The van der Waals surface area contributed by atoms with E-state index in [9.17, 15) is 4.79 Å². The van der Waals surface area contributed by atoms with Crippen molar-refractivity contribution >= 4 is 5.78 Å². The van der Waals surface area contributed by atoms with Gasteiger partial charge in [-0.25, -0.2) is 0 Å². The van der Waals surface area contributed by atoms with Gasteiger partial charge in [0, 0.05) is 11.8 Å². The van der Waals surface area contributed by atoms with Gasteiger partial charge in [-0.15, -0.1) is 0 Å². The fraction of sp³-hybridized carbons (Fsp3) is 0.538. The highest BCUT2D eigenvalue weighted by Crippen LogP contribution is 2.32. The molecule has 1 saturated carbocycles. The van der Waals surface area contributed by atoms with E-state index in [0.717, 1.165) is 25.7 Å². The molecule has 1 aromatic heterocycles. The van der Waals surface area contributed by atoms with Crippen LogP contribution < -0.4 is 10.5 Å². The molecule has 92 valence electrons. The topological polar surface area (TPSA) is 65.2 Å². The Bertz CT molecular complexity index is 414. The van der Waals surface area contributed by atoms with Crippen LogP contribution in [0.5, 0.6) is 5.75 Å². The zero-order valence-electron chi connectivity index (χ0n) is 10.1. The van der Waals surface area contributed by atoms with E-state index in [-0.39, 0.29) is 5.78 Å². The SMILES string of the molecule is CCCOc1cncc(C(=O)C2(N)CCC2)c1. The molecule has 1 heterocycles. The summed E-state index contributed by atoms with van der Waals surface area (Å²) in [6.45, 7) is 2.67. The summed E-state index contributed by atoms with van der Waals surface area (Å²) in [6.07, 6.45) is 6.68. The third kappa shape index (κ3) is 2.47. The summed E-state index contributed by atoms with van der Waals surface area (Å²) in [6, 6.07) is 1.73. The van der Waals surface area contributed by atoms with Gasteiger partial charge in [-0.2, -0.15) is 0 Å². The van der Waals surface area contributed by atoms with Crippen LogP contribution in [0.3, 0.4) is 0 Å². The molecule has 0 saturated heterocycles. The van der Waals surface area contributed by atoms with Crippen LogP contribution in [0.4, 0.5) is 0 Å². The number of carbonyl (C=O) groups excluding carboxylic acids is 1. The van der Waals surface area contributed by atoms with E-state index < -0.39 is 5.54 Å². The Hall–Kier alpha value is -1.42. The molecule has 0 aliphatic heterocycles. The second-order valence-electron chi connectivity index (χ2n) is 4.60. The first-order valence-electron chi connectivity index (χ1n) is 6.07. The molecule has 0 amide bonds. The highest BCUT2D eigenvalue weighted by Gasteiger charge is 2.40. The van der Waals surface area contributed by atoms with Crippen LogP contribution in [-0.2, 0) is 0 Å². The van der Waals surface area contributed by atoms with Gasteiger partial charge in [-0.3, -0.25) is 9.78 Å². The predicted octanol–water partition coefficient (Wildman–Crippen LogP) is 1.93. The Labute approximate surface area is 101 Å². The quantitative estimate of drug-likeness (QED) is 0.791. The molecular formula is C13H18N2O2. The second kappa shape index (κ2) is 4.84. The maximum Gasteiger partial charge on any atom is 0.184 e. The van der Waals surface area contributed by atoms with Gasteiger partial charge in [-0.05, 0) is 31.7 Å². The van der Waals surface area contributed by atoms with Crippen LogP contribution in [0.15, 0.2) is 18.5 Å². The first-order valence-corrected chi connectivity index (χ1v) is 6.07. The number of Topliss-reactive ketones (excluding diaryl/α,β-unsaturated/α-hetero) is 1. The van der Waals surface area contributed by atoms with Gasteiger partial charge in [0.15, 0.2) is 5.78 Å². The van der Waals surface area contributed by atoms with E-state index in [2.05, 4.69) is 4.98 Å². The van der Waals surface area contributed by atoms with Crippen LogP contribution in [0, 0.1) is 0 Å². The molecule has 1 fully saturated rings. The smallest absolute Gasteiger partial charge is 0.184 e. The monoisotopic (exact) mass is 234 g/mol. The van der Waals surface area contributed by atoms with Crippen molar-refractivity contribution in [1.29, 1.82) is 0 Å². The second-order valence-corrected chi connectivity index (χ2v) is 4.60. The van der Waals surface area contributed by atoms with Crippen molar-refractivity contribution < 1.29 is 9.53 Å². The molecule has 0 bridgehead atoms. The van der Waals surface area contributed by atoms with E-state index in [1.807, 2.05) is 6.92 Å². The summed E-state index contributed by atoms with van der Waals surface area (Å²) < 4.78 is 5.45. The normalized spacial score (nSPS) is 17.3. The molecule has 4 nitrogen and oxygen atoms in total. The maximum atomic E-state index is 12.2. The van der Waals surface area contributed by atoms with Crippen LogP contribution >= 0.6 is 0 Å². The zero-order chi connectivity index (χ0) is 12.3. The number of hydrogen-bond donors (Lipinski definition) is 1. The molecule has 0 spiro atoms. The summed E-state index contributed by atoms with van der Waals surface area (Å²) in [7, 11) is 0. The van der Waals surface area contributed by atoms with Crippen molar-refractivity contribution in [3.8, 4) is 5.75 Å². The van der Waals surface area contributed by atoms with Crippen molar-refractivity contribution in [3.05, 3.63) is 24.0 Å². The third-order valence-corrected chi connectivity index (χ3v) is 3.15. The lowest BCUT2D eigenvalue weighted by Gasteiger charge is -2.36. The third-order valence-electron chi connectivity index (χ3n) is 3.15. The van der Waals surface area contributed by atoms with Gasteiger partial charge < -0.3 is 10.5 Å². The van der Waals surface area contributed by atoms with E-state index in [4.69, 9.17) is 10.5 Å². The Morgan fingerprint density at radius 2 is 2.29 bits per heavy atom. The van der Waals surface area contributed by atoms with Crippen molar-refractivity contribution in [3.63, 3.8) is 0 Å². The van der Waals surface area contributed by atoms with E-state index >= 15 is 0 Å². The summed E-state index contributed by atoms with van der Waals surface area (Å²) in [5.41, 5.74) is 5.91. The maximum absolute atomic E-state index is 12.2. The number of ketones is 1. The van der Waals surface area contributed by atoms with Gasteiger partial charge in [0.1, 0.15) is 5.75 Å². The van der Waals surface area contributed by atoms with Crippen molar-refractivity contribution in [2.24, 2.45) is 5.73 Å².